The fourth-order valence-electron chi connectivity index (χ4n) is 2.64. The first-order valence-corrected chi connectivity index (χ1v) is 7.37. The molecule has 1 saturated carbocycles. The first-order chi connectivity index (χ1) is 8.98. The Labute approximate surface area is 116 Å². The number of hydrogen-bond acceptors (Lipinski definition) is 4. The summed E-state index contributed by atoms with van der Waals surface area (Å²) >= 11 is 0. The van der Waals surface area contributed by atoms with E-state index in [1.54, 1.807) is 0 Å². The highest BCUT2D eigenvalue weighted by atomic mass is 15.1. The molecule has 1 aliphatic carbocycles. The highest BCUT2D eigenvalue weighted by Crippen LogP contribution is 2.26. The molecule has 0 atom stereocenters. The van der Waals surface area contributed by atoms with Crippen molar-refractivity contribution in [1.82, 2.24) is 9.97 Å². The van der Waals surface area contributed by atoms with Gasteiger partial charge in [-0.1, -0.05) is 33.1 Å². The molecule has 0 spiro atoms. The standard InChI is InChI=1S/C15H26N4/c1-11(2)14-18-12(3)9-13(19-14)17-10-15(16)7-5-4-6-8-15/h9,11H,4-8,10,16H2,1-3H3,(H,17,18,19). The lowest BCUT2D eigenvalue weighted by Crippen LogP contribution is -2.47. The minimum atomic E-state index is -0.0604. The van der Waals surface area contributed by atoms with E-state index in [-0.39, 0.29) is 5.54 Å². The van der Waals surface area contributed by atoms with Gasteiger partial charge in [0.2, 0.25) is 0 Å². The number of rotatable bonds is 4. The summed E-state index contributed by atoms with van der Waals surface area (Å²) < 4.78 is 0. The molecule has 2 rings (SSSR count). The van der Waals surface area contributed by atoms with Crippen molar-refractivity contribution in [2.45, 2.75) is 64.3 Å². The predicted octanol–water partition coefficient (Wildman–Crippen LogP) is 2.98. The van der Waals surface area contributed by atoms with E-state index in [1.165, 1.54) is 19.3 Å². The van der Waals surface area contributed by atoms with Crippen LogP contribution in [-0.2, 0) is 0 Å². The summed E-state index contributed by atoms with van der Waals surface area (Å²) in [5, 5.41) is 3.41. The molecule has 0 bridgehead atoms. The van der Waals surface area contributed by atoms with E-state index >= 15 is 0 Å². The second kappa shape index (κ2) is 5.87. The summed E-state index contributed by atoms with van der Waals surface area (Å²) in [5.41, 5.74) is 7.39. The molecule has 0 aromatic carbocycles. The highest BCUT2D eigenvalue weighted by molar-refractivity contribution is 5.36. The van der Waals surface area contributed by atoms with Gasteiger partial charge in [-0.2, -0.15) is 0 Å². The van der Waals surface area contributed by atoms with Gasteiger partial charge in [0.25, 0.3) is 0 Å². The van der Waals surface area contributed by atoms with Gasteiger partial charge >= 0.3 is 0 Å². The Hall–Kier alpha value is -1.16. The molecule has 1 aromatic heterocycles. The predicted molar refractivity (Wildman–Crippen MR) is 79.4 cm³/mol. The molecule has 1 aliphatic rings. The van der Waals surface area contributed by atoms with Crippen LogP contribution >= 0.6 is 0 Å². The molecule has 0 amide bonds. The fraction of sp³-hybridized carbons (Fsp3) is 0.733. The lowest BCUT2D eigenvalue weighted by molar-refractivity contribution is 0.311. The summed E-state index contributed by atoms with van der Waals surface area (Å²) in [6.45, 7) is 7.05. The Morgan fingerprint density at radius 3 is 2.58 bits per heavy atom. The number of aryl methyl sites for hydroxylation is 1. The summed E-state index contributed by atoms with van der Waals surface area (Å²) in [4.78, 5) is 9.03. The molecule has 0 saturated heterocycles. The van der Waals surface area contributed by atoms with Gasteiger partial charge in [0.05, 0.1) is 0 Å². The molecule has 4 nitrogen and oxygen atoms in total. The SMILES string of the molecule is Cc1cc(NCC2(N)CCCCC2)nc(C(C)C)n1. The third kappa shape index (κ3) is 3.90. The fourth-order valence-corrected chi connectivity index (χ4v) is 2.64. The molecule has 19 heavy (non-hydrogen) atoms. The largest absolute Gasteiger partial charge is 0.368 e. The van der Waals surface area contributed by atoms with Crippen LogP contribution in [0.1, 0.15) is 63.4 Å². The van der Waals surface area contributed by atoms with Gasteiger partial charge in [-0.05, 0) is 19.8 Å². The first kappa shape index (κ1) is 14.3. The Kier molecular flexibility index (Phi) is 4.40. The van der Waals surface area contributed by atoms with Gasteiger partial charge in [0.1, 0.15) is 11.6 Å². The molecule has 1 aromatic rings. The minimum Gasteiger partial charge on any atom is -0.368 e. The van der Waals surface area contributed by atoms with Crippen LogP contribution in [0.2, 0.25) is 0 Å². The number of nitrogens with one attached hydrogen (secondary N) is 1. The van der Waals surface area contributed by atoms with Crippen molar-refractivity contribution in [3.8, 4) is 0 Å². The number of hydrogen-bond donors (Lipinski definition) is 2. The lowest BCUT2D eigenvalue weighted by Gasteiger charge is -2.33. The van der Waals surface area contributed by atoms with Gasteiger partial charge in [-0.25, -0.2) is 9.97 Å². The molecule has 106 valence electrons. The number of nitrogens with two attached hydrogens (primary N) is 1. The maximum absolute atomic E-state index is 6.44. The van der Waals surface area contributed by atoms with Crippen molar-refractivity contribution in [3.63, 3.8) is 0 Å². The van der Waals surface area contributed by atoms with Gasteiger partial charge < -0.3 is 11.1 Å². The Balaban J connectivity index is 2.02. The summed E-state index contributed by atoms with van der Waals surface area (Å²) in [6.07, 6.45) is 6.04. The van der Waals surface area contributed by atoms with Crippen LogP contribution in [0, 0.1) is 6.92 Å². The van der Waals surface area contributed by atoms with Crippen molar-refractivity contribution in [1.29, 1.82) is 0 Å². The van der Waals surface area contributed by atoms with Gasteiger partial charge in [0, 0.05) is 29.8 Å². The lowest BCUT2D eigenvalue weighted by atomic mass is 9.82. The molecule has 1 heterocycles. The Morgan fingerprint density at radius 2 is 1.95 bits per heavy atom. The zero-order valence-corrected chi connectivity index (χ0v) is 12.4. The summed E-state index contributed by atoms with van der Waals surface area (Å²) in [7, 11) is 0. The van der Waals surface area contributed by atoms with Crippen molar-refractivity contribution >= 4 is 5.82 Å². The van der Waals surface area contributed by atoms with Crippen molar-refractivity contribution in [2.75, 3.05) is 11.9 Å². The van der Waals surface area contributed by atoms with E-state index in [9.17, 15) is 0 Å². The van der Waals surface area contributed by atoms with Crippen molar-refractivity contribution < 1.29 is 0 Å². The van der Waals surface area contributed by atoms with Crippen LogP contribution in [0.25, 0.3) is 0 Å². The van der Waals surface area contributed by atoms with E-state index in [0.29, 0.717) is 5.92 Å². The van der Waals surface area contributed by atoms with Crippen LogP contribution in [-0.4, -0.2) is 22.1 Å². The molecular weight excluding hydrogens is 236 g/mol. The number of anilines is 1. The molecule has 0 aliphatic heterocycles. The second-order valence-electron chi connectivity index (χ2n) is 6.18. The van der Waals surface area contributed by atoms with Crippen LogP contribution < -0.4 is 11.1 Å². The maximum Gasteiger partial charge on any atom is 0.133 e. The number of aromatic nitrogens is 2. The van der Waals surface area contributed by atoms with E-state index < -0.39 is 0 Å². The third-order valence-electron chi connectivity index (χ3n) is 3.86. The topological polar surface area (TPSA) is 63.8 Å². The van der Waals surface area contributed by atoms with Crippen molar-refractivity contribution in [3.05, 3.63) is 17.6 Å². The number of nitrogens with zero attached hydrogens (tertiary/aromatic N) is 2. The zero-order chi connectivity index (χ0) is 13.9. The van der Waals surface area contributed by atoms with E-state index in [0.717, 1.165) is 36.7 Å². The molecule has 1 fully saturated rings. The summed E-state index contributed by atoms with van der Waals surface area (Å²) in [5.74, 6) is 2.16. The monoisotopic (exact) mass is 262 g/mol. The van der Waals surface area contributed by atoms with Crippen LogP contribution in [0.15, 0.2) is 6.07 Å². The van der Waals surface area contributed by atoms with Crippen LogP contribution in [0.4, 0.5) is 5.82 Å². The molecule has 0 radical (unpaired) electrons. The van der Waals surface area contributed by atoms with Gasteiger partial charge in [-0.15, -0.1) is 0 Å². The van der Waals surface area contributed by atoms with Crippen molar-refractivity contribution in [2.24, 2.45) is 5.73 Å². The van der Waals surface area contributed by atoms with E-state index in [2.05, 4.69) is 29.1 Å². The smallest absolute Gasteiger partial charge is 0.133 e. The van der Waals surface area contributed by atoms with Gasteiger partial charge in [-0.3, -0.25) is 0 Å². The quantitative estimate of drug-likeness (QED) is 0.875. The van der Waals surface area contributed by atoms with E-state index in [4.69, 9.17) is 5.73 Å². The van der Waals surface area contributed by atoms with Gasteiger partial charge in [0.15, 0.2) is 0 Å². The highest BCUT2D eigenvalue weighted by Gasteiger charge is 2.27. The maximum atomic E-state index is 6.44. The molecule has 4 heteroatoms. The first-order valence-electron chi connectivity index (χ1n) is 7.37. The zero-order valence-electron chi connectivity index (χ0n) is 12.4. The van der Waals surface area contributed by atoms with Crippen LogP contribution in [0.3, 0.4) is 0 Å². The average molecular weight is 262 g/mol. The Morgan fingerprint density at radius 1 is 1.26 bits per heavy atom. The third-order valence-corrected chi connectivity index (χ3v) is 3.86. The summed E-state index contributed by atoms with van der Waals surface area (Å²) in [6, 6.07) is 2.00. The molecular formula is C15H26N4. The molecule has 3 N–H and O–H groups in total. The second-order valence-corrected chi connectivity index (χ2v) is 6.18. The van der Waals surface area contributed by atoms with E-state index in [1.807, 2.05) is 13.0 Å². The normalized spacial score (nSPS) is 18.6. The average Bonchev–Trinajstić information content (AvgIpc) is 2.37. The molecule has 0 unspecified atom stereocenters. The van der Waals surface area contributed by atoms with Crippen LogP contribution in [0.5, 0.6) is 0 Å². The Bertz CT molecular complexity index is 422. The minimum absolute atomic E-state index is 0.0604.